The van der Waals surface area contributed by atoms with Gasteiger partial charge in [0.05, 0.1) is 9.79 Å². The van der Waals surface area contributed by atoms with Gasteiger partial charge in [0.1, 0.15) is 9.73 Å². The van der Waals surface area contributed by atoms with Crippen LogP contribution >= 0.6 is 11.6 Å². The summed E-state index contributed by atoms with van der Waals surface area (Å²) in [7, 11) is -3.10. The molecule has 0 saturated carbocycles. The third-order valence-corrected chi connectivity index (χ3v) is 6.22. The quantitative estimate of drug-likeness (QED) is 0.708. The maximum atomic E-state index is 13.8. The molecule has 0 fully saturated rings. The van der Waals surface area contributed by atoms with Crippen molar-refractivity contribution in [2.24, 2.45) is 4.36 Å². The standard InChI is InChI=1S/C19H23ClN2O2S/c1-14(2)22(15(3)4)19(23)21-25(24,17-8-6-5-7-9-17)18-12-10-16(20)11-13-18/h5-15H,1-4H3. The van der Waals surface area contributed by atoms with E-state index in [9.17, 15) is 9.00 Å². The molecule has 2 aromatic carbocycles. The highest BCUT2D eigenvalue weighted by Crippen LogP contribution is 2.26. The van der Waals surface area contributed by atoms with Crippen molar-refractivity contribution in [3.8, 4) is 0 Å². The fourth-order valence-electron chi connectivity index (χ4n) is 2.66. The van der Waals surface area contributed by atoms with E-state index < -0.39 is 15.8 Å². The van der Waals surface area contributed by atoms with E-state index in [0.717, 1.165) is 0 Å². The van der Waals surface area contributed by atoms with Crippen molar-refractivity contribution in [2.45, 2.75) is 49.6 Å². The minimum absolute atomic E-state index is 0.0408. The van der Waals surface area contributed by atoms with E-state index in [2.05, 4.69) is 4.36 Å². The lowest BCUT2D eigenvalue weighted by molar-refractivity contribution is 0.175. The molecular formula is C19H23ClN2O2S. The minimum Gasteiger partial charge on any atom is -0.318 e. The predicted octanol–water partition coefficient (Wildman–Crippen LogP) is 5.46. The summed E-state index contributed by atoms with van der Waals surface area (Å²) in [5.74, 6) is 0. The van der Waals surface area contributed by atoms with Crippen LogP contribution in [0, 0.1) is 0 Å². The smallest absolute Gasteiger partial charge is 0.318 e. The molecule has 0 aliphatic carbocycles. The first-order valence-corrected chi connectivity index (χ1v) is 10.0. The summed E-state index contributed by atoms with van der Waals surface area (Å²) in [4.78, 5) is 15.4. The molecule has 25 heavy (non-hydrogen) atoms. The fourth-order valence-corrected chi connectivity index (χ4v) is 4.61. The minimum atomic E-state index is -3.10. The lowest BCUT2D eigenvalue weighted by Gasteiger charge is -2.29. The third-order valence-electron chi connectivity index (χ3n) is 3.74. The summed E-state index contributed by atoms with van der Waals surface area (Å²) >= 11 is 5.95. The van der Waals surface area contributed by atoms with Gasteiger partial charge in [-0.3, -0.25) is 0 Å². The molecule has 0 aliphatic rings. The van der Waals surface area contributed by atoms with E-state index >= 15 is 0 Å². The molecule has 0 bridgehead atoms. The van der Waals surface area contributed by atoms with Gasteiger partial charge in [0.15, 0.2) is 0 Å². The largest absolute Gasteiger partial charge is 0.352 e. The summed E-state index contributed by atoms with van der Waals surface area (Å²) in [6.07, 6.45) is 0. The van der Waals surface area contributed by atoms with E-state index in [1.807, 2.05) is 33.8 Å². The van der Waals surface area contributed by atoms with Gasteiger partial charge in [-0.05, 0) is 64.1 Å². The molecule has 1 atom stereocenters. The molecule has 1 unspecified atom stereocenters. The number of carbonyl (C=O) groups excluding carboxylic acids is 1. The van der Waals surface area contributed by atoms with Crippen LogP contribution in [0.2, 0.25) is 5.02 Å². The summed E-state index contributed by atoms with van der Waals surface area (Å²) < 4.78 is 18.0. The number of rotatable bonds is 4. The Morgan fingerprint density at radius 3 is 1.88 bits per heavy atom. The molecule has 0 spiro atoms. The Kier molecular flexibility index (Phi) is 6.25. The molecule has 0 saturated heterocycles. The molecule has 0 aromatic heterocycles. The maximum Gasteiger partial charge on any atom is 0.352 e. The SMILES string of the molecule is CC(C)N(C(=O)N=S(=O)(c1ccccc1)c1ccc(Cl)cc1)C(C)C. The Morgan fingerprint density at radius 2 is 1.40 bits per heavy atom. The molecular weight excluding hydrogens is 356 g/mol. The summed E-state index contributed by atoms with van der Waals surface area (Å²) in [6.45, 7) is 7.67. The number of nitrogens with zero attached hydrogens (tertiary/aromatic N) is 2. The number of amides is 2. The van der Waals surface area contributed by atoms with Gasteiger partial charge in [0, 0.05) is 17.1 Å². The van der Waals surface area contributed by atoms with Gasteiger partial charge < -0.3 is 4.90 Å². The molecule has 0 radical (unpaired) electrons. The fraction of sp³-hybridized carbons (Fsp3) is 0.316. The first kappa shape index (κ1) is 19.5. The normalized spacial score (nSPS) is 13.6. The van der Waals surface area contributed by atoms with Gasteiger partial charge >= 0.3 is 6.03 Å². The van der Waals surface area contributed by atoms with Crippen LogP contribution in [0.25, 0.3) is 0 Å². The third kappa shape index (κ3) is 4.41. The van der Waals surface area contributed by atoms with Gasteiger partial charge in [-0.25, -0.2) is 9.00 Å². The summed E-state index contributed by atoms with van der Waals surface area (Å²) in [6, 6.07) is 14.9. The van der Waals surface area contributed by atoms with E-state index in [-0.39, 0.29) is 12.1 Å². The molecule has 0 heterocycles. The molecule has 0 aliphatic heterocycles. The molecule has 0 N–H and O–H groups in total. The van der Waals surface area contributed by atoms with Crippen LogP contribution in [-0.2, 0) is 9.73 Å². The molecule has 4 nitrogen and oxygen atoms in total. The Balaban J connectivity index is 2.66. The number of carbonyl (C=O) groups is 1. The first-order valence-electron chi connectivity index (χ1n) is 8.16. The van der Waals surface area contributed by atoms with Crippen LogP contribution < -0.4 is 0 Å². The zero-order valence-corrected chi connectivity index (χ0v) is 16.4. The van der Waals surface area contributed by atoms with Crippen molar-refractivity contribution in [3.05, 3.63) is 59.6 Å². The second-order valence-corrected chi connectivity index (χ2v) is 8.87. The second kappa shape index (κ2) is 8.02. The summed E-state index contributed by atoms with van der Waals surface area (Å²) in [5, 5.41) is 0.538. The van der Waals surface area contributed by atoms with Gasteiger partial charge in [-0.1, -0.05) is 29.8 Å². The molecule has 2 rings (SSSR count). The van der Waals surface area contributed by atoms with Gasteiger partial charge in [-0.15, -0.1) is 4.36 Å². The van der Waals surface area contributed by atoms with Gasteiger partial charge in [0.25, 0.3) is 0 Å². The second-order valence-electron chi connectivity index (χ2n) is 6.26. The topological polar surface area (TPSA) is 49.7 Å². The number of halogens is 1. The molecule has 6 heteroatoms. The Labute approximate surface area is 155 Å². The van der Waals surface area contributed by atoms with Crippen molar-refractivity contribution in [2.75, 3.05) is 0 Å². The first-order chi connectivity index (χ1) is 11.8. The number of urea groups is 1. The van der Waals surface area contributed by atoms with Crippen LogP contribution in [0.4, 0.5) is 4.79 Å². The van der Waals surface area contributed by atoms with Crippen LogP contribution in [0.3, 0.4) is 0 Å². The Bertz CT molecular complexity index is 831. The van der Waals surface area contributed by atoms with Crippen molar-refractivity contribution < 1.29 is 9.00 Å². The Hall–Kier alpha value is -1.85. The monoisotopic (exact) mass is 378 g/mol. The number of hydrogen-bond acceptors (Lipinski definition) is 2. The molecule has 2 aromatic rings. The van der Waals surface area contributed by atoms with Crippen LogP contribution in [0.5, 0.6) is 0 Å². The average Bonchev–Trinajstić information content (AvgIpc) is 2.55. The highest BCUT2D eigenvalue weighted by molar-refractivity contribution is 7.94. The van der Waals surface area contributed by atoms with Crippen molar-refractivity contribution in [3.63, 3.8) is 0 Å². The summed E-state index contributed by atoms with van der Waals surface area (Å²) in [5.41, 5.74) is 0. The van der Waals surface area contributed by atoms with Crippen LogP contribution in [0.1, 0.15) is 27.7 Å². The van der Waals surface area contributed by atoms with E-state index in [0.29, 0.717) is 14.8 Å². The number of benzene rings is 2. The zero-order valence-electron chi connectivity index (χ0n) is 14.8. The molecule has 2 amide bonds. The lowest BCUT2D eigenvalue weighted by Crippen LogP contribution is -2.40. The Morgan fingerprint density at radius 1 is 0.920 bits per heavy atom. The number of hydrogen-bond donors (Lipinski definition) is 0. The van der Waals surface area contributed by atoms with Crippen molar-refractivity contribution in [1.29, 1.82) is 0 Å². The average molecular weight is 379 g/mol. The van der Waals surface area contributed by atoms with Crippen molar-refractivity contribution in [1.82, 2.24) is 4.90 Å². The van der Waals surface area contributed by atoms with Crippen LogP contribution in [0.15, 0.2) is 68.8 Å². The van der Waals surface area contributed by atoms with E-state index in [1.54, 1.807) is 53.4 Å². The van der Waals surface area contributed by atoms with Gasteiger partial charge in [-0.2, -0.15) is 0 Å². The lowest BCUT2D eigenvalue weighted by atomic mass is 10.2. The van der Waals surface area contributed by atoms with Crippen molar-refractivity contribution >= 4 is 27.4 Å². The maximum absolute atomic E-state index is 13.8. The molecule has 134 valence electrons. The van der Waals surface area contributed by atoms with Crippen LogP contribution in [-0.4, -0.2) is 27.2 Å². The highest BCUT2D eigenvalue weighted by atomic mass is 35.5. The van der Waals surface area contributed by atoms with Gasteiger partial charge in [0.2, 0.25) is 0 Å². The van der Waals surface area contributed by atoms with E-state index in [1.165, 1.54) is 0 Å². The predicted molar refractivity (Wildman–Crippen MR) is 103 cm³/mol. The van der Waals surface area contributed by atoms with E-state index in [4.69, 9.17) is 11.6 Å². The zero-order chi connectivity index (χ0) is 18.6. The highest BCUT2D eigenvalue weighted by Gasteiger charge is 2.24.